The Morgan fingerprint density at radius 2 is 2.09 bits per heavy atom. The summed E-state index contributed by atoms with van der Waals surface area (Å²) in [6.45, 7) is 0.893. The van der Waals surface area contributed by atoms with E-state index in [0.717, 1.165) is 18.3 Å². The molecule has 0 atom stereocenters. The second kappa shape index (κ2) is 2.95. The standard InChI is InChI=1S/C10H11O/c1-2-4-10(5-3-1)11-8-9-6-7-9/h2-5,9H,6-8H2. The van der Waals surface area contributed by atoms with Crippen LogP contribution in [0.25, 0.3) is 0 Å². The zero-order chi connectivity index (χ0) is 7.52. The van der Waals surface area contributed by atoms with Crippen molar-refractivity contribution in [2.24, 2.45) is 5.92 Å². The van der Waals surface area contributed by atoms with E-state index in [9.17, 15) is 0 Å². The maximum absolute atomic E-state index is 5.51. The quantitative estimate of drug-likeness (QED) is 0.637. The van der Waals surface area contributed by atoms with Crippen LogP contribution in [0.1, 0.15) is 12.8 Å². The van der Waals surface area contributed by atoms with E-state index < -0.39 is 0 Å². The third-order valence-electron chi connectivity index (χ3n) is 1.87. The Labute approximate surface area is 67.0 Å². The van der Waals surface area contributed by atoms with Crippen molar-refractivity contribution in [3.63, 3.8) is 0 Å². The van der Waals surface area contributed by atoms with Gasteiger partial charge in [-0.05, 0) is 37.0 Å². The topological polar surface area (TPSA) is 9.23 Å². The first-order valence-corrected chi connectivity index (χ1v) is 4.04. The van der Waals surface area contributed by atoms with Gasteiger partial charge in [0.15, 0.2) is 0 Å². The molecule has 0 aliphatic heterocycles. The lowest BCUT2D eigenvalue weighted by molar-refractivity contribution is 0.300. The predicted octanol–water partition coefficient (Wildman–Crippen LogP) is 2.28. The summed E-state index contributed by atoms with van der Waals surface area (Å²) in [7, 11) is 0. The highest BCUT2D eigenvalue weighted by Crippen LogP contribution is 2.29. The fourth-order valence-corrected chi connectivity index (χ4v) is 0.966. The first-order valence-electron chi connectivity index (χ1n) is 4.04. The molecule has 1 aromatic rings. The highest BCUT2D eigenvalue weighted by atomic mass is 16.5. The molecule has 11 heavy (non-hydrogen) atoms. The Hall–Kier alpha value is -0.980. The van der Waals surface area contributed by atoms with Crippen molar-refractivity contribution in [1.82, 2.24) is 0 Å². The van der Waals surface area contributed by atoms with Crippen LogP contribution in [0.15, 0.2) is 24.3 Å². The van der Waals surface area contributed by atoms with E-state index in [1.54, 1.807) is 0 Å². The van der Waals surface area contributed by atoms with Gasteiger partial charge in [-0.25, -0.2) is 0 Å². The van der Waals surface area contributed by atoms with Gasteiger partial charge in [0.05, 0.1) is 6.61 Å². The molecule has 2 rings (SSSR count). The van der Waals surface area contributed by atoms with E-state index in [1.165, 1.54) is 12.8 Å². The molecule has 0 amide bonds. The molecule has 1 aliphatic rings. The molecule has 0 heterocycles. The van der Waals surface area contributed by atoms with Gasteiger partial charge in [0.25, 0.3) is 0 Å². The van der Waals surface area contributed by atoms with Crippen LogP contribution in [0.3, 0.4) is 0 Å². The molecule has 1 aromatic carbocycles. The molecule has 1 saturated carbocycles. The Bertz CT molecular complexity index is 214. The second-order valence-corrected chi connectivity index (χ2v) is 2.99. The lowest BCUT2D eigenvalue weighted by atomic mass is 10.3. The Balaban J connectivity index is 1.85. The normalized spacial score (nSPS) is 16.4. The predicted molar refractivity (Wildman–Crippen MR) is 43.5 cm³/mol. The molecule has 1 heteroatoms. The largest absolute Gasteiger partial charge is 0.493 e. The Morgan fingerprint density at radius 1 is 1.36 bits per heavy atom. The summed E-state index contributed by atoms with van der Waals surface area (Å²) < 4.78 is 5.51. The van der Waals surface area contributed by atoms with E-state index in [0.29, 0.717) is 0 Å². The molecule has 0 N–H and O–H groups in total. The van der Waals surface area contributed by atoms with Gasteiger partial charge in [-0.15, -0.1) is 0 Å². The molecule has 1 fully saturated rings. The molecule has 1 nitrogen and oxygen atoms in total. The van der Waals surface area contributed by atoms with Crippen molar-refractivity contribution in [3.8, 4) is 5.75 Å². The second-order valence-electron chi connectivity index (χ2n) is 2.99. The number of benzene rings is 1. The minimum absolute atomic E-state index is 0.833. The number of rotatable bonds is 3. The molecule has 1 aliphatic carbocycles. The van der Waals surface area contributed by atoms with Gasteiger partial charge in [-0.2, -0.15) is 0 Å². The van der Waals surface area contributed by atoms with Gasteiger partial charge in [-0.1, -0.05) is 12.1 Å². The number of ether oxygens (including phenoxy) is 1. The van der Waals surface area contributed by atoms with E-state index >= 15 is 0 Å². The van der Waals surface area contributed by atoms with Crippen molar-refractivity contribution in [2.45, 2.75) is 12.8 Å². The van der Waals surface area contributed by atoms with Gasteiger partial charge < -0.3 is 4.74 Å². The molecular weight excluding hydrogens is 136 g/mol. The summed E-state index contributed by atoms with van der Waals surface area (Å²) in [5.41, 5.74) is 0. The SMILES string of the molecule is [c]1ccc(OCC2CC2)cc1. The number of hydrogen-bond acceptors (Lipinski definition) is 1. The summed E-state index contributed by atoms with van der Waals surface area (Å²) in [5.74, 6) is 1.80. The maximum atomic E-state index is 5.51. The van der Waals surface area contributed by atoms with Crippen LogP contribution in [0.2, 0.25) is 0 Å². The Morgan fingerprint density at radius 3 is 2.73 bits per heavy atom. The molecular formula is C10H11O. The monoisotopic (exact) mass is 147 g/mol. The van der Waals surface area contributed by atoms with Gasteiger partial charge in [-0.3, -0.25) is 0 Å². The molecule has 0 bridgehead atoms. The molecule has 57 valence electrons. The third kappa shape index (κ3) is 1.97. The third-order valence-corrected chi connectivity index (χ3v) is 1.87. The van der Waals surface area contributed by atoms with Crippen molar-refractivity contribution in [2.75, 3.05) is 6.61 Å². The van der Waals surface area contributed by atoms with E-state index in [4.69, 9.17) is 4.74 Å². The van der Waals surface area contributed by atoms with Crippen LogP contribution >= 0.6 is 0 Å². The molecule has 1 radical (unpaired) electrons. The zero-order valence-electron chi connectivity index (χ0n) is 6.42. The van der Waals surface area contributed by atoms with Crippen LogP contribution < -0.4 is 4.74 Å². The van der Waals surface area contributed by atoms with Gasteiger partial charge in [0.2, 0.25) is 0 Å². The zero-order valence-corrected chi connectivity index (χ0v) is 6.42. The minimum atomic E-state index is 0.833. The van der Waals surface area contributed by atoms with E-state index in [1.807, 2.05) is 24.3 Å². The minimum Gasteiger partial charge on any atom is -0.493 e. The van der Waals surface area contributed by atoms with E-state index in [2.05, 4.69) is 6.07 Å². The first kappa shape index (κ1) is 6.71. The van der Waals surface area contributed by atoms with Crippen molar-refractivity contribution >= 4 is 0 Å². The van der Waals surface area contributed by atoms with Crippen LogP contribution in [0.5, 0.6) is 5.75 Å². The van der Waals surface area contributed by atoms with Gasteiger partial charge in [0, 0.05) is 0 Å². The summed E-state index contributed by atoms with van der Waals surface area (Å²) in [6, 6.07) is 10.6. The molecule has 0 saturated heterocycles. The summed E-state index contributed by atoms with van der Waals surface area (Å²) in [6.07, 6.45) is 2.69. The Kier molecular flexibility index (Phi) is 1.80. The van der Waals surface area contributed by atoms with Crippen LogP contribution in [-0.2, 0) is 0 Å². The lowest BCUT2D eigenvalue weighted by Gasteiger charge is -2.02. The highest BCUT2D eigenvalue weighted by molar-refractivity contribution is 5.20. The fraction of sp³-hybridized carbons (Fsp3) is 0.400. The smallest absolute Gasteiger partial charge is 0.119 e. The summed E-state index contributed by atoms with van der Waals surface area (Å²) in [4.78, 5) is 0. The fourth-order valence-electron chi connectivity index (χ4n) is 0.966. The van der Waals surface area contributed by atoms with Crippen molar-refractivity contribution < 1.29 is 4.74 Å². The summed E-state index contributed by atoms with van der Waals surface area (Å²) in [5, 5.41) is 0. The van der Waals surface area contributed by atoms with Crippen molar-refractivity contribution in [3.05, 3.63) is 30.3 Å². The lowest BCUT2D eigenvalue weighted by Crippen LogP contribution is -1.97. The van der Waals surface area contributed by atoms with Gasteiger partial charge in [0.1, 0.15) is 5.75 Å². The highest BCUT2D eigenvalue weighted by Gasteiger charge is 2.21. The molecule has 0 aromatic heterocycles. The molecule has 0 spiro atoms. The average Bonchev–Trinajstić information content (AvgIpc) is 2.86. The first-order chi connectivity index (χ1) is 5.45. The van der Waals surface area contributed by atoms with Gasteiger partial charge >= 0.3 is 0 Å². The van der Waals surface area contributed by atoms with E-state index in [-0.39, 0.29) is 0 Å². The van der Waals surface area contributed by atoms with Crippen LogP contribution in [0, 0.1) is 12.0 Å². The average molecular weight is 147 g/mol. The molecule has 0 unspecified atom stereocenters. The summed E-state index contributed by atoms with van der Waals surface area (Å²) >= 11 is 0. The number of hydrogen-bond donors (Lipinski definition) is 0. The van der Waals surface area contributed by atoms with Crippen LogP contribution in [0.4, 0.5) is 0 Å². The van der Waals surface area contributed by atoms with Crippen LogP contribution in [-0.4, -0.2) is 6.61 Å². The van der Waals surface area contributed by atoms with Crippen molar-refractivity contribution in [1.29, 1.82) is 0 Å². The maximum Gasteiger partial charge on any atom is 0.119 e.